The Labute approximate surface area is 111 Å². The minimum absolute atomic E-state index is 0.216. The Bertz CT molecular complexity index is 492. The first kappa shape index (κ1) is 12.4. The zero-order valence-electron chi connectivity index (χ0n) is 10.4. The Hall–Kier alpha value is -1.09. The van der Waals surface area contributed by atoms with E-state index < -0.39 is 0 Å². The molecule has 2 rings (SSSR count). The third kappa shape index (κ3) is 3.19. The van der Waals surface area contributed by atoms with Gasteiger partial charge in [-0.3, -0.25) is 4.68 Å². The molecule has 0 aliphatic carbocycles. The highest BCUT2D eigenvalue weighted by Crippen LogP contribution is 2.22. The van der Waals surface area contributed by atoms with Gasteiger partial charge >= 0.3 is 0 Å². The van der Waals surface area contributed by atoms with E-state index in [1.54, 1.807) is 0 Å². The molecule has 0 fully saturated rings. The van der Waals surface area contributed by atoms with E-state index in [1.807, 2.05) is 17.1 Å². The van der Waals surface area contributed by atoms with E-state index >= 15 is 0 Å². The Balaban J connectivity index is 2.13. The van der Waals surface area contributed by atoms with Crippen LogP contribution in [0.15, 0.2) is 41.1 Å². The number of hydrogen-bond donors (Lipinski definition) is 0. The van der Waals surface area contributed by atoms with E-state index in [9.17, 15) is 0 Å². The van der Waals surface area contributed by atoms with Gasteiger partial charge in [0.15, 0.2) is 0 Å². The van der Waals surface area contributed by atoms with Crippen LogP contribution in [0.5, 0.6) is 0 Å². The average Bonchev–Trinajstić information content (AvgIpc) is 2.63. The number of rotatable bonds is 2. The highest BCUT2D eigenvalue weighted by molar-refractivity contribution is 9.10. The molecule has 0 bridgehead atoms. The molecule has 0 saturated carbocycles. The molecule has 3 heteroatoms. The summed E-state index contributed by atoms with van der Waals surface area (Å²) in [6.45, 7) is 7.50. The van der Waals surface area contributed by atoms with Crippen molar-refractivity contribution < 1.29 is 0 Å². The van der Waals surface area contributed by atoms with Crippen LogP contribution < -0.4 is 0 Å². The summed E-state index contributed by atoms with van der Waals surface area (Å²) in [5.41, 5.74) is 2.85. The predicted molar refractivity (Wildman–Crippen MR) is 74.2 cm³/mol. The second-order valence-corrected chi connectivity index (χ2v) is 6.22. The summed E-state index contributed by atoms with van der Waals surface area (Å²) in [4.78, 5) is 0. The van der Waals surface area contributed by atoms with Crippen molar-refractivity contribution in [2.75, 3.05) is 0 Å². The molecule has 0 atom stereocenters. The van der Waals surface area contributed by atoms with Crippen LogP contribution in [-0.2, 0) is 12.0 Å². The summed E-state index contributed by atoms with van der Waals surface area (Å²) in [6.07, 6.45) is 3.79. The topological polar surface area (TPSA) is 17.8 Å². The van der Waals surface area contributed by atoms with Gasteiger partial charge in [0.05, 0.1) is 17.2 Å². The standard InChI is InChI=1S/C14H17BrN2/c1-14(2,3)12-6-4-11(5-7-12)9-17-10-13(15)8-16-17/h4-8,10H,9H2,1-3H3. The van der Waals surface area contributed by atoms with Gasteiger partial charge in [-0.1, -0.05) is 45.0 Å². The van der Waals surface area contributed by atoms with Crippen LogP contribution in [0.3, 0.4) is 0 Å². The molecule has 0 N–H and O–H groups in total. The van der Waals surface area contributed by atoms with E-state index in [1.165, 1.54) is 11.1 Å². The summed E-state index contributed by atoms with van der Waals surface area (Å²) in [6, 6.07) is 8.76. The van der Waals surface area contributed by atoms with Crippen LogP contribution in [-0.4, -0.2) is 9.78 Å². The number of halogens is 1. The van der Waals surface area contributed by atoms with Crippen molar-refractivity contribution in [2.45, 2.75) is 32.7 Å². The molecular weight excluding hydrogens is 276 g/mol. The van der Waals surface area contributed by atoms with Crippen molar-refractivity contribution in [3.63, 3.8) is 0 Å². The van der Waals surface area contributed by atoms with Crippen LogP contribution in [0, 0.1) is 0 Å². The van der Waals surface area contributed by atoms with Gasteiger partial charge in [-0.05, 0) is 32.5 Å². The molecule has 0 aliphatic heterocycles. The predicted octanol–water partition coefficient (Wildman–Crippen LogP) is 3.99. The van der Waals surface area contributed by atoms with Crippen molar-refractivity contribution in [1.82, 2.24) is 9.78 Å². The molecule has 0 radical (unpaired) electrons. The largest absolute Gasteiger partial charge is 0.267 e. The Kier molecular flexibility index (Phi) is 3.38. The monoisotopic (exact) mass is 292 g/mol. The molecule has 0 spiro atoms. The molecule has 0 unspecified atom stereocenters. The molecule has 1 aromatic heterocycles. The zero-order valence-corrected chi connectivity index (χ0v) is 12.0. The van der Waals surface area contributed by atoms with Gasteiger partial charge in [0.25, 0.3) is 0 Å². The van der Waals surface area contributed by atoms with Crippen LogP contribution in [0.25, 0.3) is 0 Å². The Morgan fingerprint density at radius 3 is 2.29 bits per heavy atom. The summed E-state index contributed by atoms with van der Waals surface area (Å²) in [7, 11) is 0. The van der Waals surface area contributed by atoms with Gasteiger partial charge in [-0.15, -0.1) is 0 Å². The van der Waals surface area contributed by atoms with Gasteiger partial charge in [-0.2, -0.15) is 5.10 Å². The van der Waals surface area contributed by atoms with Gasteiger partial charge in [0.2, 0.25) is 0 Å². The van der Waals surface area contributed by atoms with E-state index in [0.29, 0.717) is 0 Å². The molecule has 17 heavy (non-hydrogen) atoms. The van der Waals surface area contributed by atoms with Crippen molar-refractivity contribution in [3.05, 3.63) is 52.3 Å². The van der Waals surface area contributed by atoms with Crippen LogP contribution in [0.2, 0.25) is 0 Å². The third-order valence-corrected chi connectivity index (χ3v) is 3.18. The molecule has 2 aromatic rings. The SMILES string of the molecule is CC(C)(C)c1ccc(Cn2cc(Br)cn2)cc1. The first-order valence-corrected chi connectivity index (χ1v) is 6.52. The number of benzene rings is 1. The summed E-state index contributed by atoms with van der Waals surface area (Å²) < 4.78 is 2.94. The van der Waals surface area contributed by atoms with E-state index in [2.05, 4.69) is 66.1 Å². The quantitative estimate of drug-likeness (QED) is 0.818. The molecule has 1 aromatic carbocycles. The Morgan fingerprint density at radius 1 is 1.18 bits per heavy atom. The maximum Gasteiger partial charge on any atom is 0.0659 e. The molecule has 90 valence electrons. The number of aromatic nitrogens is 2. The maximum absolute atomic E-state index is 4.25. The second kappa shape index (κ2) is 4.65. The molecule has 1 heterocycles. The fraction of sp³-hybridized carbons (Fsp3) is 0.357. The molecule has 0 amide bonds. The minimum atomic E-state index is 0.216. The highest BCUT2D eigenvalue weighted by Gasteiger charge is 2.12. The summed E-state index contributed by atoms with van der Waals surface area (Å²) in [5, 5.41) is 4.25. The van der Waals surface area contributed by atoms with Crippen LogP contribution in [0.4, 0.5) is 0 Å². The lowest BCUT2D eigenvalue weighted by atomic mass is 9.87. The van der Waals surface area contributed by atoms with Gasteiger partial charge < -0.3 is 0 Å². The van der Waals surface area contributed by atoms with Crippen molar-refractivity contribution in [2.24, 2.45) is 0 Å². The minimum Gasteiger partial charge on any atom is -0.267 e. The fourth-order valence-corrected chi connectivity index (χ4v) is 2.05. The second-order valence-electron chi connectivity index (χ2n) is 5.30. The van der Waals surface area contributed by atoms with Gasteiger partial charge in [0.1, 0.15) is 0 Å². The smallest absolute Gasteiger partial charge is 0.0659 e. The van der Waals surface area contributed by atoms with Gasteiger partial charge in [-0.25, -0.2) is 0 Å². The van der Waals surface area contributed by atoms with E-state index in [-0.39, 0.29) is 5.41 Å². The molecule has 0 aliphatic rings. The maximum atomic E-state index is 4.25. The molecule has 0 saturated heterocycles. The Morgan fingerprint density at radius 2 is 1.82 bits per heavy atom. The summed E-state index contributed by atoms with van der Waals surface area (Å²) >= 11 is 3.40. The van der Waals surface area contributed by atoms with Crippen molar-refractivity contribution in [3.8, 4) is 0 Å². The van der Waals surface area contributed by atoms with Gasteiger partial charge in [0, 0.05) is 6.20 Å². The normalized spacial score (nSPS) is 11.8. The van der Waals surface area contributed by atoms with Crippen molar-refractivity contribution in [1.29, 1.82) is 0 Å². The average molecular weight is 293 g/mol. The fourth-order valence-electron chi connectivity index (χ4n) is 1.72. The lowest BCUT2D eigenvalue weighted by molar-refractivity contribution is 0.589. The number of nitrogens with zero attached hydrogens (tertiary/aromatic N) is 2. The lowest BCUT2D eigenvalue weighted by Crippen LogP contribution is -2.11. The lowest BCUT2D eigenvalue weighted by Gasteiger charge is -2.19. The third-order valence-electron chi connectivity index (χ3n) is 2.77. The highest BCUT2D eigenvalue weighted by atomic mass is 79.9. The van der Waals surface area contributed by atoms with Crippen LogP contribution in [0.1, 0.15) is 31.9 Å². The summed E-state index contributed by atoms with van der Waals surface area (Å²) in [5.74, 6) is 0. The molecule has 2 nitrogen and oxygen atoms in total. The van der Waals surface area contributed by atoms with Crippen LogP contribution >= 0.6 is 15.9 Å². The molecular formula is C14H17BrN2. The van der Waals surface area contributed by atoms with E-state index in [0.717, 1.165) is 11.0 Å². The number of hydrogen-bond acceptors (Lipinski definition) is 1. The zero-order chi connectivity index (χ0) is 12.5. The first-order valence-electron chi connectivity index (χ1n) is 5.72. The van der Waals surface area contributed by atoms with E-state index in [4.69, 9.17) is 0 Å². The van der Waals surface area contributed by atoms with Crippen molar-refractivity contribution >= 4 is 15.9 Å². The first-order chi connectivity index (χ1) is 7.95.